The molecule has 0 aromatic rings. The molecule has 0 aliphatic carbocycles. The molecule has 0 aromatic carbocycles. The molecule has 102 valence electrons. The highest BCUT2D eigenvalue weighted by atomic mass is 14.2. The molecule has 17 heavy (non-hydrogen) atoms. The van der Waals surface area contributed by atoms with Crippen LogP contribution in [0.25, 0.3) is 0 Å². The Morgan fingerprint density at radius 1 is 0.824 bits per heavy atom. The van der Waals surface area contributed by atoms with Gasteiger partial charge in [0.25, 0.3) is 0 Å². The monoisotopic (exact) mass is 239 g/mol. The van der Waals surface area contributed by atoms with Crippen LogP contribution in [0.3, 0.4) is 0 Å². The normalized spacial score (nSPS) is 16.5. The second-order valence-corrected chi connectivity index (χ2v) is 6.07. The first-order chi connectivity index (χ1) is 8.13. The largest absolute Gasteiger partial charge is 0.0900 e. The van der Waals surface area contributed by atoms with E-state index in [1.807, 2.05) is 0 Å². The molecule has 0 spiro atoms. The zero-order valence-corrected chi connectivity index (χ0v) is 13.0. The molecule has 3 unspecified atom stereocenters. The first-order valence-corrected chi connectivity index (χ1v) is 7.91. The van der Waals surface area contributed by atoms with Gasteiger partial charge in [0.05, 0.1) is 19.8 Å². The van der Waals surface area contributed by atoms with Gasteiger partial charge in [-0.25, -0.2) is 0 Å². The molecule has 0 saturated heterocycles. The molecule has 0 radical (unpaired) electrons. The van der Waals surface area contributed by atoms with E-state index in [4.69, 9.17) is 0 Å². The molecule has 0 rings (SSSR count). The summed E-state index contributed by atoms with van der Waals surface area (Å²) in [6.45, 7) is 11.7. The highest BCUT2D eigenvalue weighted by Crippen LogP contribution is 2.24. The predicted octanol–water partition coefficient (Wildman–Crippen LogP) is 6.26. The summed E-state index contributed by atoms with van der Waals surface area (Å²) in [7, 11) is 0. The van der Waals surface area contributed by atoms with Gasteiger partial charge in [0, 0.05) is 0 Å². The molecule has 3 atom stereocenters. The fourth-order valence-corrected chi connectivity index (χ4v) is 2.69. The van der Waals surface area contributed by atoms with Crippen molar-refractivity contribution in [2.24, 2.45) is 17.8 Å². The Kier molecular flexibility index (Phi) is 10.9. The van der Waals surface area contributed by atoms with Gasteiger partial charge in [0.1, 0.15) is 0 Å². The van der Waals surface area contributed by atoms with Gasteiger partial charge < -0.3 is 0 Å². The molecule has 0 amide bonds. The Morgan fingerprint density at radius 3 is 1.82 bits per heavy atom. The SMILES string of the molecule is C[CH+]CC(CC)CCC(C)CCC(C)CCC. The summed E-state index contributed by atoms with van der Waals surface area (Å²) in [6.07, 6.45) is 13.5. The lowest BCUT2D eigenvalue weighted by Gasteiger charge is -2.17. The van der Waals surface area contributed by atoms with Crippen molar-refractivity contribution in [2.45, 2.75) is 86.0 Å². The average molecular weight is 239 g/mol. The molecular formula is C17H35+. The predicted molar refractivity (Wildman–Crippen MR) is 80.1 cm³/mol. The van der Waals surface area contributed by atoms with Crippen LogP contribution in [0.2, 0.25) is 0 Å². The van der Waals surface area contributed by atoms with Crippen LogP contribution in [0.1, 0.15) is 86.0 Å². The Labute approximate surface area is 111 Å². The topological polar surface area (TPSA) is 0 Å². The van der Waals surface area contributed by atoms with Crippen molar-refractivity contribution in [3.8, 4) is 0 Å². The van der Waals surface area contributed by atoms with Crippen molar-refractivity contribution < 1.29 is 0 Å². The van der Waals surface area contributed by atoms with Crippen molar-refractivity contribution in [1.29, 1.82) is 0 Å². The molecule has 0 heterocycles. The summed E-state index contributed by atoms with van der Waals surface area (Å²) < 4.78 is 0. The van der Waals surface area contributed by atoms with Crippen LogP contribution in [0.15, 0.2) is 0 Å². The van der Waals surface area contributed by atoms with Gasteiger partial charge in [-0.05, 0) is 30.6 Å². The lowest BCUT2D eigenvalue weighted by molar-refractivity contribution is 0.352. The van der Waals surface area contributed by atoms with E-state index in [1.165, 1.54) is 51.4 Å². The van der Waals surface area contributed by atoms with Crippen molar-refractivity contribution in [2.75, 3.05) is 0 Å². The molecule has 0 aliphatic heterocycles. The van der Waals surface area contributed by atoms with Gasteiger partial charge >= 0.3 is 0 Å². The third-order valence-electron chi connectivity index (χ3n) is 4.15. The lowest BCUT2D eigenvalue weighted by Crippen LogP contribution is -2.05. The maximum Gasteiger partial charge on any atom is 0.0900 e. The summed E-state index contributed by atoms with van der Waals surface area (Å²) >= 11 is 0. The van der Waals surface area contributed by atoms with Crippen LogP contribution in [0, 0.1) is 24.2 Å². The molecule has 0 nitrogen and oxygen atoms in total. The van der Waals surface area contributed by atoms with Crippen LogP contribution < -0.4 is 0 Å². The fourth-order valence-electron chi connectivity index (χ4n) is 2.69. The minimum Gasteiger partial charge on any atom is -0.0654 e. The summed E-state index contributed by atoms with van der Waals surface area (Å²) in [5.41, 5.74) is 0. The minimum absolute atomic E-state index is 0.931. The van der Waals surface area contributed by atoms with Crippen LogP contribution in [0.4, 0.5) is 0 Å². The van der Waals surface area contributed by atoms with E-state index in [-0.39, 0.29) is 0 Å². The van der Waals surface area contributed by atoms with Crippen molar-refractivity contribution in [3.63, 3.8) is 0 Å². The summed E-state index contributed by atoms with van der Waals surface area (Å²) in [4.78, 5) is 0. The first-order valence-electron chi connectivity index (χ1n) is 7.91. The third-order valence-corrected chi connectivity index (χ3v) is 4.15. The maximum atomic E-state index is 2.45. The van der Waals surface area contributed by atoms with Gasteiger partial charge in [-0.2, -0.15) is 0 Å². The third kappa shape index (κ3) is 9.56. The second kappa shape index (κ2) is 11.0. The molecular weight excluding hydrogens is 204 g/mol. The standard InChI is InChI=1S/C17H35/c1-6-9-15(4)11-12-16(5)13-14-17(8-3)10-7-2/h7,15-17H,6,8-14H2,1-5H3/q+1. The second-order valence-electron chi connectivity index (χ2n) is 6.07. The number of hydrogen-bond acceptors (Lipinski definition) is 0. The van der Waals surface area contributed by atoms with E-state index in [0.29, 0.717) is 0 Å². The van der Waals surface area contributed by atoms with Crippen LogP contribution >= 0.6 is 0 Å². The molecule has 0 aromatic heterocycles. The number of rotatable bonds is 11. The Bertz CT molecular complexity index is 150. The first kappa shape index (κ1) is 16.9. The average Bonchev–Trinajstić information content (AvgIpc) is 2.32. The van der Waals surface area contributed by atoms with E-state index in [0.717, 1.165) is 17.8 Å². The van der Waals surface area contributed by atoms with Gasteiger partial charge in [0.2, 0.25) is 0 Å². The van der Waals surface area contributed by atoms with Crippen LogP contribution in [-0.4, -0.2) is 0 Å². The lowest BCUT2D eigenvalue weighted by atomic mass is 9.88. The molecule has 0 fully saturated rings. The van der Waals surface area contributed by atoms with E-state index >= 15 is 0 Å². The Hall–Kier alpha value is -0.130. The van der Waals surface area contributed by atoms with Crippen LogP contribution in [-0.2, 0) is 0 Å². The van der Waals surface area contributed by atoms with E-state index in [1.54, 1.807) is 0 Å². The van der Waals surface area contributed by atoms with Crippen molar-refractivity contribution in [3.05, 3.63) is 6.42 Å². The highest BCUT2D eigenvalue weighted by Gasteiger charge is 2.12. The van der Waals surface area contributed by atoms with Crippen molar-refractivity contribution in [1.82, 2.24) is 0 Å². The quantitative estimate of drug-likeness (QED) is 0.373. The van der Waals surface area contributed by atoms with Crippen molar-refractivity contribution >= 4 is 0 Å². The van der Waals surface area contributed by atoms with Gasteiger partial charge in [-0.15, -0.1) is 0 Å². The molecule has 0 saturated carbocycles. The molecule has 0 bridgehead atoms. The zero-order valence-electron chi connectivity index (χ0n) is 13.0. The van der Waals surface area contributed by atoms with E-state index in [2.05, 4.69) is 41.0 Å². The van der Waals surface area contributed by atoms with Crippen LogP contribution in [0.5, 0.6) is 0 Å². The number of hydrogen-bond donors (Lipinski definition) is 0. The zero-order chi connectivity index (χ0) is 13.1. The Morgan fingerprint density at radius 2 is 1.35 bits per heavy atom. The van der Waals surface area contributed by atoms with E-state index in [9.17, 15) is 0 Å². The molecule has 0 heteroatoms. The Balaban J connectivity index is 3.60. The van der Waals surface area contributed by atoms with E-state index < -0.39 is 0 Å². The van der Waals surface area contributed by atoms with Gasteiger partial charge in [0.15, 0.2) is 0 Å². The minimum atomic E-state index is 0.931. The van der Waals surface area contributed by atoms with Gasteiger partial charge in [-0.1, -0.05) is 59.8 Å². The smallest absolute Gasteiger partial charge is 0.0654 e. The molecule has 0 N–H and O–H groups in total. The summed E-state index contributed by atoms with van der Waals surface area (Å²) in [6, 6.07) is 0. The highest BCUT2D eigenvalue weighted by molar-refractivity contribution is 4.67. The maximum absolute atomic E-state index is 2.45. The molecule has 0 aliphatic rings. The van der Waals surface area contributed by atoms with Gasteiger partial charge in [-0.3, -0.25) is 0 Å². The fraction of sp³-hybridized carbons (Fsp3) is 0.941. The summed E-state index contributed by atoms with van der Waals surface area (Å²) in [5, 5.41) is 0. The summed E-state index contributed by atoms with van der Waals surface area (Å²) in [5.74, 6) is 2.81.